The van der Waals surface area contributed by atoms with Crippen molar-refractivity contribution >= 4 is 11.8 Å². The Balaban J connectivity index is 1.57. The lowest BCUT2D eigenvalue weighted by Crippen LogP contribution is -2.46. The predicted octanol–water partition coefficient (Wildman–Crippen LogP) is 1.41. The average molecular weight is 295 g/mol. The lowest BCUT2D eigenvalue weighted by atomic mass is 10.0. The zero-order valence-corrected chi connectivity index (χ0v) is 13.0. The van der Waals surface area contributed by atoms with Crippen LogP contribution in [0.25, 0.3) is 0 Å². The summed E-state index contributed by atoms with van der Waals surface area (Å²) in [4.78, 5) is 25.8. The van der Waals surface area contributed by atoms with Crippen LogP contribution < -0.4 is 11.1 Å². The van der Waals surface area contributed by atoms with Gasteiger partial charge in [0, 0.05) is 31.5 Å². The Hall–Kier alpha value is -1.10. The number of carbonyl (C=O) groups excluding carboxylic acids is 2. The van der Waals surface area contributed by atoms with E-state index in [1.54, 1.807) is 0 Å². The lowest BCUT2D eigenvalue weighted by molar-refractivity contribution is -0.132. The van der Waals surface area contributed by atoms with Crippen LogP contribution in [0.3, 0.4) is 0 Å². The minimum absolute atomic E-state index is 0.222. The molecule has 3 N–H and O–H groups in total. The molecule has 0 spiro atoms. The molecule has 1 aliphatic carbocycles. The highest BCUT2D eigenvalue weighted by molar-refractivity contribution is 5.81. The van der Waals surface area contributed by atoms with Crippen LogP contribution in [0.15, 0.2) is 0 Å². The highest BCUT2D eigenvalue weighted by Crippen LogP contribution is 2.29. The Kier molecular flexibility index (Phi) is 6.49. The van der Waals surface area contributed by atoms with Crippen molar-refractivity contribution in [1.82, 2.24) is 10.2 Å². The van der Waals surface area contributed by atoms with Gasteiger partial charge in [0.2, 0.25) is 11.8 Å². The summed E-state index contributed by atoms with van der Waals surface area (Å²) in [6, 6.07) is 0.270. The number of amides is 2. The molecule has 0 aromatic heterocycles. The maximum Gasteiger partial charge on any atom is 0.223 e. The maximum absolute atomic E-state index is 12.1. The summed E-state index contributed by atoms with van der Waals surface area (Å²) < 4.78 is 0. The number of piperidine rings is 1. The van der Waals surface area contributed by atoms with Crippen LogP contribution in [-0.2, 0) is 9.59 Å². The number of unbranched alkanes of at least 4 members (excludes halogenated alkanes) is 3. The van der Waals surface area contributed by atoms with Gasteiger partial charge in [-0.05, 0) is 45.1 Å². The molecule has 2 rings (SSSR count). The fourth-order valence-corrected chi connectivity index (χ4v) is 2.87. The topological polar surface area (TPSA) is 75.4 Å². The first kappa shape index (κ1) is 16.3. The number of nitrogens with one attached hydrogen (secondary N) is 1. The molecular formula is C16H29N3O2. The third-order valence-corrected chi connectivity index (χ3v) is 4.49. The van der Waals surface area contributed by atoms with E-state index in [0.717, 1.165) is 71.0 Å². The second kappa shape index (κ2) is 8.37. The summed E-state index contributed by atoms with van der Waals surface area (Å²) >= 11 is 0. The van der Waals surface area contributed by atoms with Crippen LogP contribution in [0.4, 0.5) is 0 Å². The molecule has 5 nitrogen and oxygen atoms in total. The minimum Gasteiger partial charge on any atom is -0.353 e. The van der Waals surface area contributed by atoms with Gasteiger partial charge in [-0.2, -0.15) is 0 Å². The molecule has 0 aromatic carbocycles. The number of nitrogens with zero attached hydrogens (tertiary/aromatic N) is 1. The third kappa shape index (κ3) is 5.65. The number of carbonyl (C=O) groups is 2. The van der Waals surface area contributed by atoms with E-state index in [4.69, 9.17) is 5.73 Å². The fraction of sp³-hybridized carbons (Fsp3) is 0.875. The molecule has 0 radical (unpaired) electrons. The van der Waals surface area contributed by atoms with Crippen LogP contribution in [-0.4, -0.2) is 42.4 Å². The minimum atomic E-state index is 0.222. The van der Waals surface area contributed by atoms with E-state index in [1.165, 1.54) is 0 Å². The molecule has 0 unspecified atom stereocenters. The van der Waals surface area contributed by atoms with Gasteiger partial charge in [-0.1, -0.05) is 12.8 Å². The second-order valence-corrected chi connectivity index (χ2v) is 6.39. The molecule has 0 bridgehead atoms. The normalized spacial score (nSPS) is 19.6. The molecule has 0 aromatic rings. The summed E-state index contributed by atoms with van der Waals surface area (Å²) in [5.41, 5.74) is 5.45. The van der Waals surface area contributed by atoms with Gasteiger partial charge in [0.05, 0.1) is 0 Å². The van der Waals surface area contributed by atoms with Crippen molar-refractivity contribution in [3.05, 3.63) is 0 Å². The van der Waals surface area contributed by atoms with Gasteiger partial charge in [0.15, 0.2) is 0 Å². The fourth-order valence-electron chi connectivity index (χ4n) is 2.87. The van der Waals surface area contributed by atoms with Gasteiger partial charge < -0.3 is 16.0 Å². The molecule has 1 aliphatic heterocycles. The number of likely N-dealkylation sites (tertiary alicyclic amines) is 1. The summed E-state index contributed by atoms with van der Waals surface area (Å²) in [6.07, 6.45) is 8.80. The molecular weight excluding hydrogens is 266 g/mol. The van der Waals surface area contributed by atoms with Gasteiger partial charge >= 0.3 is 0 Å². The Labute approximate surface area is 127 Å². The molecule has 120 valence electrons. The number of nitrogens with two attached hydrogens (primary N) is 1. The molecule has 2 fully saturated rings. The van der Waals surface area contributed by atoms with Crippen molar-refractivity contribution in [1.29, 1.82) is 0 Å². The van der Waals surface area contributed by atoms with Crippen molar-refractivity contribution in [3.63, 3.8) is 0 Å². The molecule has 1 heterocycles. The summed E-state index contributed by atoms with van der Waals surface area (Å²) in [6.45, 7) is 2.32. The van der Waals surface area contributed by atoms with Gasteiger partial charge in [-0.25, -0.2) is 0 Å². The van der Waals surface area contributed by atoms with E-state index >= 15 is 0 Å². The highest BCUT2D eigenvalue weighted by atomic mass is 16.2. The van der Waals surface area contributed by atoms with Crippen LogP contribution in [0.1, 0.15) is 57.8 Å². The van der Waals surface area contributed by atoms with E-state index in [2.05, 4.69) is 5.32 Å². The molecule has 21 heavy (non-hydrogen) atoms. The smallest absolute Gasteiger partial charge is 0.223 e. The summed E-state index contributed by atoms with van der Waals surface area (Å²) in [5, 5.41) is 3.12. The van der Waals surface area contributed by atoms with Gasteiger partial charge in [0.1, 0.15) is 0 Å². The largest absolute Gasteiger partial charge is 0.353 e. The predicted molar refractivity (Wildman–Crippen MR) is 82.6 cm³/mol. The van der Waals surface area contributed by atoms with Crippen molar-refractivity contribution in [2.75, 3.05) is 19.6 Å². The Morgan fingerprint density at radius 1 is 1.00 bits per heavy atom. The maximum atomic E-state index is 12.1. The molecule has 0 atom stereocenters. The van der Waals surface area contributed by atoms with Crippen molar-refractivity contribution in [2.24, 2.45) is 11.7 Å². The van der Waals surface area contributed by atoms with Crippen LogP contribution in [0, 0.1) is 5.92 Å². The van der Waals surface area contributed by atoms with Gasteiger partial charge in [-0.3, -0.25) is 9.59 Å². The monoisotopic (exact) mass is 295 g/mol. The summed E-state index contributed by atoms with van der Waals surface area (Å²) in [5.74, 6) is 0.771. The first-order valence-electron chi connectivity index (χ1n) is 8.49. The zero-order chi connectivity index (χ0) is 15.1. The first-order chi connectivity index (χ1) is 10.2. The van der Waals surface area contributed by atoms with E-state index in [0.29, 0.717) is 6.42 Å². The molecule has 2 aliphatic rings. The lowest BCUT2D eigenvalue weighted by Gasteiger charge is -2.32. The number of rotatable bonds is 8. The second-order valence-electron chi connectivity index (χ2n) is 6.39. The third-order valence-electron chi connectivity index (χ3n) is 4.49. The first-order valence-corrected chi connectivity index (χ1v) is 8.49. The molecule has 1 saturated heterocycles. The number of hydrogen-bond donors (Lipinski definition) is 2. The Bertz CT molecular complexity index is 347. The van der Waals surface area contributed by atoms with E-state index in [9.17, 15) is 9.59 Å². The van der Waals surface area contributed by atoms with E-state index in [1.807, 2.05) is 4.90 Å². The summed E-state index contributed by atoms with van der Waals surface area (Å²) in [7, 11) is 0. The van der Waals surface area contributed by atoms with E-state index < -0.39 is 0 Å². The van der Waals surface area contributed by atoms with Crippen LogP contribution >= 0.6 is 0 Å². The van der Waals surface area contributed by atoms with Crippen molar-refractivity contribution in [3.8, 4) is 0 Å². The zero-order valence-electron chi connectivity index (χ0n) is 13.0. The molecule has 5 heteroatoms. The average Bonchev–Trinajstić information content (AvgIpc) is 3.32. The van der Waals surface area contributed by atoms with Crippen molar-refractivity contribution in [2.45, 2.75) is 63.8 Å². The standard InChI is InChI=1S/C16H29N3O2/c17-10-4-2-1-3-5-15(20)19-11-8-14(9-12-19)18-16(21)13-6-7-13/h13-14H,1-12,17H2,(H,18,21). The number of hydrogen-bond acceptors (Lipinski definition) is 3. The Morgan fingerprint density at radius 3 is 2.29 bits per heavy atom. The van der Waals surface area contributed by atoms with Gasteiger partial charge in [0.25, 0.3) is 0 Å². The highest BCUT2D eigenvalue weighted by Gasteiger charge is 2.32. The van der Waals surface area contributed by atoms with Crippen molar-refractivity contribution < 1.29 is 9.59 Å². The van der Waals surface area contributed by atoms with Gasteiger partial charge in [-0.15, -0.1) is 0 Å². The molecule has 2 amide bonds. The Morgan fingerprint density at radius 2 is 1.67 bits per heavy atom. The molecule has 1 saturated carbocycles. The van der Waals surface area contributed by atoms with Crippen LogP contribution in [0.2, 0.25) is 0 Å². The van der Waals surface area contributed by atoms with E-state index in [-0.39, 0.29) is 23.8 Å². The van der Waals surface area contributed by atoms with Crippen LogP contribution in [0.5, 0.6) is 0 Å². The quantitative estimate of drug-likeness (QED) is 0.665. The SMILES string of the molecule is NCCCCCCC(=O)N1CCC(NC(=O)C2CC2)CC1.